The number of hydrogen-bond acceptors (Lipinski definition) is 4. The average molecular weight is 357 g/mol. The van der Waals surface area contributed by atoms with Crippen molar-refractivity contribution in [1.29, 1.82) is 0 Å². The fraction of sp³-hybridized carbons (Fsp3) is 0.500. The number of hydrogen-bond donors (Lipinski definition) is 0. The molecule has 0 aliphatic carbocycles. The summed E-state index contributed by atoms with van der Waals surface area (Å²) in [7, 11) is 1.65. The maximum absolute atomic E-state index is 13.1. The Hall–Kier alpha value is -2.77. The topological polar surface area (TPSA) is 73.8 Å². The maximum Gasteiger partial charge on any atom is 0.421 e. The molecule has 3 amide bonds. The number of aromatic nitrogens is 2. The molecule has 26 heavy (non-hydrogen) atoms. The maximum atomic E-state index is 13.1. The zero-order valence-corrected chi connectivity index (χ0v) is 16.2. The van der Waals surface area contributed by atoms with E-state index in [1.807, 2.05) is 32.3 Å². The van der Waals surface area contributed by atoms with Gasteiger partial charge in [-0.1, -0.05) is 17.1 Å². The number of nitrogens with zero attached hydrogens (tertiary/aromatic N) is 6. The van der Waals surface area contributed by atoms with Crippen LogP contribution >= 0.6 is 0 Å². The number of amides is 3. The minimum atomic E-state index is -0.624. The zero-order chi connectivity index (χ0) is 19.3. The van der Waals surface area contributed by atoms with Crippen molar-refractivity contribution in [3.63, 3.8) is 0 Å². The van der Waals surface area contributed by atoms with Gasteiger partial charge >= 0.3 is 12.0 Å². The SMILES string of the molecule is C=C(C)CN1C(=O)C2C(=NC(n3nc(C)c(C)c3C)=[N+]2CC)N(C)C1=O. The van der Waals surface area contributed by atoms with Gasteiger partial charge in [-0.15, -0.1) is 9.78 Å². The quantitative estimate of drug-likeness (QED) is 0.604. The number of carbonyl (C=O) groups excluding carboxylic acids is 2. The van der Waals surface area contributed by atoms with Crippen LogP contribution in [0.1, 0.15) is 30.8 Å². The lowest BCUT2D eigenvalue weighted by Gasteiger charge is -2.34. The van der Waals surface area contributed by atoms with Crippen molar-refractivity contribution in [2.75, 3.05) is 20.1 Å². The molecule has 0 spiro atoms. The molecule has 8 heteroatoms. The highest BCUT2D eigenvalue weighted by atomic mass is 16.2. The van der Waals surface area contributed by atoms with Crippen molar-refractivity contribution in [3.05, 3.63) is 29.1 Å². The molecule has 2 aliphatic rings. The molecule has 1 unspecified atom stereocenters. The van der Waals surface area contributed by atoms with Crippen LogP contribution in [0.4, 0.5) is 4.79 Å². The lowest BCUT2D eigenvalue weighted by Crippen LogP contribution is -2.63. The van der Waals surface area contributed by atoms with Crippen molar-refractivity contribution >= 4 is 23.7 Å². The van der Waals surface area contributed by atoms with Gasteiger partial charge in [0, 0.05) is 12.6 Å². The second-order valence-electron chi connectivity index (χ2n) is 6.89. The zero-order valence-electron chi connectivity index (χ0n) is 16.2. The van der Waals surface area contributed by atoms with Crippen LogP contribution in [0.5, 0.6) is 0 Å². The molecule has 0 N–H and O–H groups in total. The molecular formula is C18H25N6O2+. The smallest absolute Gasteiger partial charge is 0.270 e. The summed E-state index contributed by atoms with van der Waals surface area (Å²) in [5.74, 6) is 0.747. The van der Waals surface area contributed by atoms with Gasteiger partial charge in [-0.05, 0) is 34.6 Å². The molecule has 0 saturated carbocycles. The van der Waals surface area contributed by atoms with Crippen LogP contribution in [0.25, 0.3) is 0 Å². The largest absolute Gasteiger partial charge is 0.421 e. The second kappa shape index (κ2) is 6.19. The fourth-order valence-corrected chi connectivity index (χ4v) is 3.33. The van der Waals surface area contributed by atoms with Crippen molar-refractivity contribution < 1.29 is 14.2 Å². The van der Waals surface area contributed by atoms with E-state index >= 15 is 0 Å². The predicted octanol–water partition coefficient (Wildman–Crippen LogP) is 1.30. The Morgan fingerprint density at radius 2 is 1.92 bits per heavy atom. The third-order valence-electron chi connectivity index (χ3n) is 5.00. The van der Waals surface area contributed by atoms with Gasteiger partial charge in [-0.25, -0.2) is 9.37 Å². The number of amidine groups is 1. The summed E-state index contributed by atoms with van der Waals surface area (Å²) >= 11 is 0. The van der Waals surface area contributed by atoms with Crippen LogP contribution in [-0.4, -0.2) is 74.1 Å². The lowest BCUT2D eigenvalue weighted by molar-refractivity contribution is -0.534. The second-order valence-corrected chi connectivity index (χ2v) is 6.89. The van der Waals surface area contributed by atoms with Crippen LogP contribution in [0.3, 0.4) is 0 Å². The number of aliphatic imine (C=N–C) groups is 1. The molecule has 138 valence electrons. The van der Waals surface area contributed by atoms with Gasteiger partial charge in [0.05, 0.1) is 18.8 Å². The number of likely N-dealkylation sites (N-methyl/N-ethyl adjacent to an activating group) is 2. The Balaban J connectivity index is 2.14. The first-order valence-electron chi connectivity index (χ1n) is 8.67. The van der Waals surface area contributed by atoms with Crippen molar-refractivity contribution in [2.45, 2.75) is 40.7 Å². The monoisotopic (exact) mass is 357 g/mol. The van der Waals surface area contributed by atoms with Crippen LogP contribution in [0, 0.1) is 20.8 Å². The van der Waals surface area contributed by atoms with Gasteiger partial charge in [0.15, 0.2) is 0 Å². The molecule has 1 fully saturated rings. The summed E-state index contributed by atoms with van der Waals surface area (Å²) in [6, 6.07) is -1.00. The van der Waals surface area contributed by atoms with E-state index in [4.69, 9.17) is 0 Å². The molecule has 2 aliphatic heterocycles. The van der Waals surface area contributed by atoms with E-state index < -0.39 is 6.04 Å². The molecule has 8 nitrogen and oxygen atoms in total. The van der Waals surface area contributed by atoms with E-state index in [-0.39, 0.29) is 18.5 Å². The van der Waals surface area contributed by atoms with Crippen molar-refractivity contribution in [1.82, 2.24) is 19.6 Å². The Morgan fingerprint density at radius 3 is 2.42 bits per heavy atom. The standard InChI is InChI=1S/C18H25N6O2/c1-8-22-14-15(19-17(22)24-13(6)11(4)12(5)20-24)21(7)18(26)23(16(14)25)9-10(2)3/h14H,2,8-9H2,1,3-7H3/q+1. The highest BCUT2D eigenvalue weighted by molar-refractivity contribution is 6.23. The summed E-state index contributed by atoms with van der Waals surface area (Å²) in [5, 5.41) is 4.57. The first-order chi connectivity index (χ1) is 12.2. The Morgan fingerprint density at radius 1 is 1.27 bits per heavy atom. The van der Waals surface area contributed by atoms with E-state index in [0.717, 1.165) is 22.5 Å². The van der Waals surface area contributed by atoms with E-state index in [2.05, 4.69) is 16.7 Å². The van der Waals surface area contributed by atoms with E-state index in [0.29, 0.717) is 18.3 Å². The van der Waals surface area contributed by atoms with Crippen LogP contribution in [-0.2, 0) is 4.79 Å². The summed E-state index contributed by atoms with van der Waals surface area (Å²) < 4.78 is 3.65. The molecule has 0 radical (unpaired) electrons. The Bertz CT molecular complexity index is 892. The summed E-state index contributed by atoms with van der Waals surface area (Å²) in [6.45, 7) is 14.3. The lowest BCUT2D eigenvalue weighted by atomic mass is 10.1. The molecule has 3 heterocycles. The van der Waals surface area contributed by atoms with Gasteiger partial charge in [-0.2, -0.15) is 0 Å². The van der Waals surface area contributed by atoms with Gasteiger partial charge < -0.3 is 0 Å². The minimum absolute atomic E-state index is 0.206. The third-order valence-corrected chi connectivity index (χ3v) is 5.00. The van der Waals surface area contributed by atoms with Gasteiger partial charge in [0.25, 0.3) is 5.91 Å². The average Bonchev–Trinajstić information content (AvgIpc) is 3.09. The van der Waals surface area contributed by atoms with Crippen molar-refractivity contribution in [3.8, 4) is 0 Å². The molecule has 0 aromatic carbocycles. The third kappa shape index (κ3) is 2.48. The predicted molar refractivity (Wildman–Crippen MR) is 98.6 cm³/mol. The van der Waals surface area contributed by atoms with Crippen molar-refractivity contribution in [2.24, 2.45) is 4.99 Å². The van der Waals surface area contributed by atoms with Crippen LogP contribution in [0.2, 0.25) is 0 Å². The number of aryl methyl sites for hydroxylation is 1. The van der Waals surface area contributed by atoms with E-state index in [1.165, 1.54) is 9.80 Å². The fourth-order valence-electron chi connectivity index (χ4n) is 3.33. The summed E-state index contributed by atoms with van der Waals surface area (Å²) in [4.78, 5) is 33.0. The number of rotatable bonds is 3. The highest BCUT2D eigenvalue weighted by Crippen LogP contribution is 2.22. The molecule has 1 atom stereocenters. The van der Waals surface area contributed by atoms with Crippen LogP contribution < -0.4 is 0 Å². The Labute approximate surface area is 153 Å². The normalized spacial score (nSPS) is 20.1. The number of fused-ring (bicyclic) bond motifs is 1. The Kier molecular flexibility index (Phi) is 4.29. The molecule has 3 rings (SSSR count). The molecular weight excluding hydrogens is 332 g/mol. The number of imide groups is 1. The van der Waals surface area contributed by atoms with E-state index in [9.17, 15) is 9.59 Å². The van der Waals surface area contributed by atoms with E-state index in [1.54, 1.807) is 18.7 Å². The molecule has 0 bridgehead atoms. The first kappa shape index (κ1) is 18.0. The number of carbonyl (C=O) groups is 2. The molecule has 1 aromatic rings. The van der Waals surface area contributed by atoms with Crippen LogP contribution in [0.15, 0.2) is 17.1 Å². The summed E-state index contributed by atoms with van der Waals surface area (Å²) in [6.07, 6.45) is 0. The molecule has 1 aromatic heterocycles. The van der Waals surface area contributed by atoms with Gasteiger partial charge in [0.1, 0.15) is 5.69 Å². The summed E-state index contributed by atoms with van der Waals surface area (Å²) in [5.41, 5.74) is 3.73. The minimum Gasteiger partial charge on any atom is -0.270 e. The van der Waals surface area contributed by atoms with Gasteiger partial charge in [0.2, 0.25) is 11.9 Å². The van der Waals surface area contributed by atoms with Gasteiger partial charge in [-0.3, -0.25) is 14.6 Å². The number of urea groups is 1. The first-order valence-corrected chi connectivity index (χ1v) is 8.67. The molecule has 1 saturated heterocycles. The highest BCUT2D eigenvalue weighted by Gasteiger charge is 2.52.